The third-order valence-electron chi connectivity index (χ3n) is 7.29. The van der Waals surface area contributed by atoms with E-state index in [0.717, 1.165) is 57.3 Å². The van der Waals surface area contributed by atoms with Crippen molar-refractivity contribution in [1.29, 1.82) is 0 Å². The number of benzene rings is 2. The van der Waals surface area contributed by atoms with Crippen LogP contribution in [0.25, 0.3) is 32.9 Å². The lowest BCUT2D eigenvalue weighted by atomic mass is 10.1. The van der Waals surface area contributed by atoms with Crippen LogP contribution in [-0.4, -0.2) is 66.2 Å². The normalized spacial score (nSPS) is 12.6. The fourth-order valence-electron chi connectivity index (χ4n) is 5.33. The van der Waals surface area contributed by atoms with Crippen molar-refractivity contribution in [1.82, 2.24) is 4.57 Å². The summed E-state index contributed by atoms with van der Waals surface area (Å²) in [5.74, 6) is -1.02. The molecule has 224 valence electrons. The molecule has 4 aromatic rings. The molecule has 2 aromatic heterocycles. The minimum atomic E-state index is -4.40. The topological polar surface area (TPSA) is 174 Å². The van der Waals surface area contributed by atoms with Crippen LogP contribution >= 0.6 is 0 Å². The predicted molar refractivity (Wildman–Crippen MR) is 154 cm³/mol. The molecule has 14 heteroatoms. The first-order chi connectivity index (χ1) is 19.2. The zero-order valence-electron chi connectivity index (χ0n) is 23.1. The number of hydrogen-bond donors (Lipinski definition) is 2. The minimum Gasteiger partial charge on any atom is -0.748 e. The van der Waals surface area contributed by atoms with Gasteiger partial charge in [0, 0.05) is 72.8 Å². The van der Waals surface area contributed by atoms with E-state index >= 15 is 0 Å². The lowest BCUT2D eigenvalue weighted by Gasteiger charge is -2.25. The highest BCUT2D eigenvalue weighted by molar-refractivity contribution is 7.85. The Bertz CT molecular complexity index is 1750. The molecule has 0 aliphatic carbocycles. The lowest BCUT2D eigenvalue weighted by Crippen LogP contribution is -2.35. The van der Waals surface area contributed by atoms with E-state index in [2.05, 4.69) is 15.2 Å². The van der Waals surface area contributed by atoms with E-state index in [1.165, 1.54) is 0 Å². The Balaban J connectivity index is 1.69. The summed E-state index contributed by atoms with van der Waals surface area (Å²) in [7, 11) is -6.60. The van der Waals surface area contributed by atoms with Gasteiger partial charge in [-0.2, -0.15) is 13.0 Å². The van der Waals surface area contributed by atoms with Crippen molar-refractivity contribution >= 4 is 64.8 Å². The van der Waals surface area contributed by atoms with Gasteiger partial charge in [-0.05, 0) is 43.9 Å². The van der Waals surface area contributed by atoms with Gasteiger partial charge < -0.3 is 23.5 Å². The molecule has 0 bridgehead atoms. The molecule has 0 saturated heterocycles. The maximum absolute atomic E-state index is 11.3. The van der Waals surface area contributed by atoms with Crippen molar-refractivity contribution in [3.8, 4) is 0 Å². The third kappa shape index (κ3) is 7.76. The highest BCUT2D eigenvalue weighted by Crippen LogP contribution is 2.34. The molecule has 0 unspecified atom stereocenters. The quantitative estimate of drug-likeness (QED) is 0.116. The maximum Gasteiger partial charge on any atom is 0.344 e. The fraction of sp³-hybridized carbons (Fsp3) is 0.481. The molecule has 0 amide bonds. The van der Waals surface area contributed by atoms with Crippen LogP contribution in [0.15, 0.2) is 34.7 Å². The van der Waals surface area contributed by atoms with E-state index in [-0.39, 0.29) is 32.4 Å². The Labute approximate surface area is 238 Å². The average Bonchev–Trinajstić information content (AvgIpc) is 3.32. The molecule has 0 fully saturated rings. The Morgan fingerprint density at radius 2 is 1.66 bits per heavy atom. The molecule has 2 aromatic carbocycles. The highest BCUT2D eigenvalue weighted by Gasteiger charge is 2.22. The number of carboxylic acid groups (broad SMARTS) is 1. The molecular formula is C27H35N3O9S2. The number of oxazole rings is 1. The molecule has 0 atom stereocenters. The first kappa shape index (κ1) is 30.8. The van der Waals surface area contributed by atoms with Gasteiger partial charge >= 0.3 is 11.9 Å². The standard InChI is InChI=1S/C27H35N3O9S2/c1-19-30(13-5-3-4-8-27(31)32)25-17-22-21-16-20(9-10-23(21)28(2)24(22)18-26(25)39-19)29(11-6-14-40(33,34)35)12-7-15-41(36,37)38/h9-10,16-18H,3-8,11-15H2,1-2H3,(H2-,31,32,33,34,35,36,37,38). The summed E-state index contributed by atoms with van der Waals surface area (Å²) in [5, 5.41) is 10.8. The fourth-order valence-corrected chi connectivity index (χ4v) is 6.30. The summed E-state index contributed by atoms with van der Waals surface area (Å²) in [4.78, 5) is 12.6. The first-order valence-electron chi connectivity index (χ1n) is 13.4. The van der Waals surface area contributed by atoms with Crippen LogP contribution < -0.4 is 9.47 Å². The minimum absolute atomic E-state index is 0.0761. The van der Waals surface area contributed by atoms with Gasteiger partial charge in [0.25, 0.3) is 15.6 Å². The van der Waals surface area contributed by atoms with Crippen LogP contribution in [0, 0.1) is 6.92 Å². The van der Waals surface area contributed by atoms with Gasteiger partial charge in [-0.15, -0.1) is 0 Å². The number of aryl methyl sites for hydroxylation is 3. The van der Waals surface area contributed by atoms with Crippen molar-refractivity contribution in [2.75, 3.05) is 29.5 Å². The number of carboxylic acids is 1. The molecule has 0 radical (unpaired) electrons. The molecule has 0 saturated carbocycles. The number of unbranched alkanes of at least 4 members (excludes halogenated alkanes) is 2. The number of aliphatic carboxylic acids is 1. The van der Waals surface area contributed by atoms with Crippen LogP contribution in [0.1, 0.15) is 44.4 Å². The third-order valence-corrected chi connectivity index (χ3v) is 8.88. The second-order valence-corrected chi connectivity index (χ2v) is 13.4. The molecule has 0 aliphatic heterocycles. The van der Waals surface area contributed by atoms with Gasteiger partial charge in [-0.25, -0.2) is 8.42 Å². The molecular weight excluding hydrogens is 574 g/mol. The molecule has 2 heterocycles. The number of rotatable bonds is 15. The molecule has 2 N–H and O–H groups in total. The predicted octanol–water partition coefficient (Wildman–Crippen LogP) is 3.34. The second kappa shape index (κ2) is 12.3. The van der Waals surface area contributed by atoms with Gasteiger partial charge in [-0.1, -0.05) is 0 Å². The SMILES string of the molecule is Cc1oc2cc3c(cc2[n+]1CCCCCC(=O)O)c1cc(N(CCCS(=O)(=O)[O-])CCCS(=O)(=O)O)ccc1n3C. The van der Waals surface area contributed by atoms with Crippen molar-refractivity contribution in [3.63, 3.8) is 0 Å². The Kier molecular flexibility index (Phi) is 9.26. The first-order valence-corrected chi connectivity index (χ1v) is 16.6. The molecule has 12 nitrogen and oxygen atoms in total. The van der Waals surface area contributed by atoms with Crippen molar-refractivity contribution in [2.24, 2.45) is 7.05 Å². The van der Waals surface area contributed by atoms with Crippen LogP contribution in [0.2, 0.25) is 0 Å². The largest absolute Gasteiger partial charge is 0.748 e. The summed E-state index contributed by atoms with van der Waals surface area (Å²) in [5.41, 5.74) is 4.28. The Morgan fingerprint density at radius 3 is 2.32 bits per heavy atom. The van der Waals surface area contributed by atoms with E-state index in [4.69, 9.17) is 14.1 Å². The van der Waals surface area contributed by atoms with E-state index in [1.54, 1.807) is 0 Å². The summed E-state index contributed by atoms with van der Waals surface area (Å²) >= 11 is 0. The second-order valence-electron chi connectivity index (χ2n) is 10.3. The molecule has 0 aliphatic rings. The highest BCUT2D eigenvalue weighted by atomic mass is 32.2. The summed E-state index contributed by atoms with van der Waals surface area (Å²) in [6.07, 6.45) is 2.55. The number of fused-ring (bicyclic) bond motifs is 4. The van der Waals surface area contributed by atoms with Crippen molar-refractivity contribution in [2.45, 2.75) is 52.0 Å². The van der Waals surface area contributed by atoms with Gasteiger partial charge in [0.2, 0.25) is 5.58 Å². The number of anilines is 1. The monoisotopic (exact) mass is 609 g/mol. The Morgan fingerprint density at radius 1 is 0.976 bits per heavy atom. The van der Waals surface area contributed by atoms with Crippen molar-refractivity contribution in [3.05, 3.63) is 36.2 Å². The van der Waals surface area contributed by atoms with Crippen LogP contribution in [0.5, 0.6) is 0 Å². The van der Waals surface area contributed by atoms with Gasteiger partial charge in [0.05, 0.1) is 28.3 Å². The number of nitrogens with zero attached hydrogens (tertiary/aromatic N) is 3. The average molecular weight is 610 g/mol. The summed E-state index contributed by atoms with van der Waals surface area (Å²) in [6.45, 7) is 3.03. The van der Waals surface area contributed by atoms with Crippen LogP contribution in [-0.2, 0) is 38.6 Å². The van der Waals surface area contributed by atoms with Gasteiger partial charge in [0.1, 0.15) is 0 Å². The van der Waals surface area contributed by atoms with Crippen LogP contribution in [0.3, 0.4) is 0 Å². The zero-order chi connectivity index (χ0) is 29.9. The van der Waals surface area contributed by atoms with Gasteiger partial charge in [-0.3, -0.25) is 9.35 Å². The molecule has 4 rings (SSSR count). The maximum atomic E-state index is 11.3. The number of hydrogen-bond acceptors (Lipinski definition) is 8. The van der Waals surface area contributed by atoms with E-state index in [9.17, 15) is 26.2 Å². The van der Waals surface area contributed by atoms with Crippen molar-refractivity contribution < 1.29 is 44.8 Å². The zero-order valence-corrected chi connectivity index (χ0v) is 24.7. The van der Waals surface area contributed by atoms with E-state index in [1.807, 2.05) is 43.1 Å². The smallest absolute Gasteiger partial charge is 0.344 e. The summed E-state index contributed by atoms with van der Waals surface area (Å²) in [6, 6.07) is 9.82. The van der Waals surface area contributed by atoms with E-state index < -0.39 is 37.7 Å². The Hall–Kier alpha value is -3.20. The number of carbonyl (C=O) groups is 1. The summed E-state index contributed by atoms with van der Waals surface area (Å²) < 4.78 is 75.4. The number of aromatic nitrogens is 2. The molecule has 0 spiro atoms. The van der Waals surface area contributed by atoms with Gasteiger partial charge in [0.15, 0.2) is 6.54 Å². The van der Waals surface area contributed by atoms with Crippen LogP contribution in [0.4, 0.5) is 5.69 Å². The van der Waals surface area contributed by atoms with E-state index in [0.29, 0.717) is 13.0 Å². The molecule has 41 heavy (non-hydrogen) atoms. The lowest BCUT2D eigenvalue weighted by molar-refractivity contribution is -0.683.